The first-order valence-electron chi connectivity index (χ1n) is 7.75. The van der Waals surface area contributed by atoms with E-state index in [2.05, 4.69) is 26.0 Å². The molecule has 0 bridgehead atoms. The van der Waals surface area contributed by atoms with Crippen LogP contribution in [0.3, 0.4) is 0 Å². The van der Waals surface area contributed by atoms with Gasteiger partial charge >= 0.3 is 0 Å². The monoisotopic (exact) mass is 276 g/mol. The summed E-state index contributed by atoms with van der Waals surface area (Å²) in [5.41, 5.74) is 6.84. The van der Waals surface area contributed by atoms with Gasteiger partial charge < -0.3 is 10.6 Å². The van der Waals surface area contributed by atoms with Crippen LogP contribution in [0.25, 0.3) is 0 Å². The summed E-state index contributed by atoms with van der Waals surface area (Å²) in [5, 5.41) is 0. The Kier molecular flexibility index (Phi) is 7.97. The van der Waals surface area contributed by atoms with E-state index in [9.17, 15) is 4.79 Å². The highest BCUT2D eigenvalue weighted by Crippen LogP contribution is 2.18. The second-order valence-corrected chi connectivity index (χ2v) is 5.31. The average molecular weight is 276 g/mol. The molecule has 0 atom stereocenters. The van der Waals surface area contributed by atoms with Gasteiger partial charge in [0.25, 0.3) is 0 Å². The van der Waals surface area contributed by atoms with Crippen LogP contribution in [0.5, 0.6) is 0 Å². The molecule has 0 spiro atoms. The molecule has 0 aliphatic heterocycles. The molecule has 112 valence electrons. The van der Waals surface area contributed by atoms with Crippen molar-refractivity contribution in [2.45, 2.75) is 46.1 Å². The van der Waals surface area contributed by atoms with Crippen LogP contribution in [0.4, 0.5) is 0 Å². The molecule has 0 radical (unpaired) electrons. The second-order valence-electron chi connectivity index (χ2n) is 5.31. The van der Waals surface area contributed by atoms with Crippen molar-refractivity contribution in [3.63, 3.8) is 0 Å². The van der Waals surface area contributed by atoms with Gasteiger partial charge in [0.15, 0.2) is 0 Å². The Morgan fingerprint density at radius 1 is 1.15 bits per heavy atom. The summed E-state index contributed by atoms with van der Waals surface area (Å²) < 4.78 is 0. The largest absolute Gasteiger partial charge is 0.337 e. The zero-order chi connectivity index (χ0) is 14.8. The summed E-state index contributed by atoms with van der Waals surface area (Å²) in [7, 11) is 0. The number of nitrogens with zero attached hydrogens (tertiary/aromatic N) is 1. The van der Waals surface area contributed by atoms with Crippen molar-refractivity contribution in [2.24, 2.45) is 11.7 Å². The van der Waals surface area contributed by atoms with E-state index < -0.39 is 0 Å². The summed E-state index contributed by atoms with van der Waals surface area (Å²) >= 11 is 0. The maximum Gasteiger partial charge on any atom is 0.226 e. The van der Waals surface area contributed by atoms with Gasteiger partial charge in [0.05, 0.1) is 0 Å². The number of nitrogens with two attached hydrogens (primary N) is 1. The molecule has 0 saturated carbocycles. The smallest absolute Gasteiger partial charge is 0.226 e. The average Bonchev–Trinajstić information content (AvgIpc) is 2.47. The van der Waals surface area contributed by atoms with Crippen LogP contribution < -0.4 is 5.73 Å². The van der Waals surface area contributed by atoms with Crippen molar-refractivity contribution in [3.05, 3.63) is 35.9 Å². The van der Waals surface area contributed by atoms with Crippen molar-refractivity contribution >= 4 is 5.91 Å². The molecular formula is C17H28N2O. The molecule has 0 fully saturated rings. The molecule has 1 aromatic rings. The van der Waals surface area contributed by atoms with Crippen molar-refractivity contribution < 1.29 is 4.79 Å². The topological polar surface area (TPSA) is 46.3 Å². The maximum absolute atomic E-state index is 12.7. The lowest BCUT2D eigenvalue weighted by Gasteiger charge is -2.27. The minimum Gasteiger partial charge on any atom is -0.337 e. The van der Waals surface area contributed by atoms with Crippen LogP contribution in [0.1, 0.15) is 45.1 Å². The molecule has 3 nitrogen and oxygen atoms in total. The number of carbonyl (C=O) groups excluding carboxylic acids is 1. The fourth-order valence-electron chi connectivity index (χ4n) is 2.57. The Labute approximate surface area is 123 Å². The van der Waals surface area contributed by atoms with E-state index in [4.69, 9.17) is 5.73 Å². The number of hydrogen-bond donors (Lipinski definition) is 1. The predicted octanol–water partition coefficient (Wildman–Crippen LogP) is 3.19. The van der Waals surface area contributed by atoms with Gasteiger partial charge in [0.1, 0.15) is 0 Å². The van der Waals surface area contributed by atoms with E-state index >= 15 is 0 Å². The normalized spacial score (nSPS) is 10.8. The second kappa shape index (κ2) is 9.54. The SMILES string of the molecule is CCCC(CCC)C(=O)N(CCN)Cc1ccccc1. The van der Waals surface area contributed by atoms with E-state index in [0.717, 1.165) is 25.7 Å². The van der Waals surface area contributed by atoms with Crippen LogP contribution in [0, 0.1) is 5.92 Å². The fourth-order valence-corrected chi connectivity index (χ4v) is 2.57. The summed E-state index contributed by atoms with van der Waals surface area (Å²) in [4.78, 5) is 14.6. The number of amides is 1. The lowest BCUT2D eigenvalue weighted by atomic mass is 9.96. The van der Waals surface area contributed by atoms with E-state index in [1.165, 1.54) is 5.56 Å². The van der Waals surface area contributed by atoms with Gasteiger partial charge in [-0.2, -0.15) is 0 Å². The highest BCUT2D eigenvalue weighted by molar-refractivity contribution is 5.78. The zero-order valence-corrected chi connectivity index (χ0v) is 12.8. The van der Waals surface area contributed by atoms with Gasteiger partial charge in [0, 0.05) is 25.6 Å². The highest BCUT2D eigenvalue weighted by Gasteiger charge is 2.22. The van der Waals surface area contributed by atoms with Crippen molar-refractivity contribution in [1.82, 2.24) is 4.90 Å². The first kappa shape index (κ1) is 16.7. The highest BCUT2D eigenvalue weighted by atomic mass is 16.2. The number of benzene rings is 1. The number of rotatable bonds is 9. The Hall–Kier alpha value is -1.35. The fraction of sp³-hybridized carbons (Fsp3) is 0.588. The third-order valence-corrected chi connectivity index (χ3v) is 3.55. The number of carbonyl (C=O) groups is 1. The Bertz CT molecular complexity index is 372. The predicted molar refractivity (Wildman–Crippen MR) is 84.2 cm³/mol. The van der Waals surface area contributed by atoms with Crippen LogP contribution >= 0.6 is 0 Å². The number of hydrogen-bond acceptors (Lipinski definition) is 2. The summed E-state index contributed by atoms with van der Waals surface area (Å²) in [5.74, 6) is 0.420. The standard InChI is InChI=1S/C17H28N2O/c1-3-8-16(9-4-2)17(20)19(13-12-18)14-15-10-6-5-7-11-15/h5-7,10-11,16H,3-4,8-9,12-14,18H2,1-2H3. The van der Waals surface area contributed by atoms with Gasteiger partial charge in [0.2, 0.25) is 5.91 Å². The minimum atomic E-state index is 0.153. The van der Waals surface area contributed by atoms with Gasteiger partial charge in [-0.05, 0) is 18.4 Å². The Morgan fingerprint density at radius 3 is 2.25 bits per heavy atom. The van der Waals surface area contributed by atoms with Gasteiger partial charge in [-0.1, -0.05) is 57.0 Å². The van der Waals surface area contributed by atoms with Crippen molar-refractivity contribution in [3.8, 4) is 0 Å². The van der Waals surface area contributed by atoms with E-state index in [-0.39, 0.29) is 11.8 Å². The van der Waals surface area contributed by atoms with Crippen molar-refractivity contribution in [2.75, 3.05) is 13.1 Å². The quantitative estimate of drug-likeness (QED) is 0.753. The van der Waals surface area contributed by atoms with E-state index in [1.807, 2.05) is 23.1 Å². The third-order valence-electron chi connectivity index (χ3n) is 3.55. The summed E-state index contributed by atoms with van der Waals surface area (Å²) in [6, 6.07) is 10.1. The Balaban J connectivity index is 2.74. The molecule has 2 N–H and O–H groups in total. The van der Waals surface area contributed by atoms with E-state index in [0.29, 0.717) is 19.6 Å². The maximum atomic E-state index is 12.7. The molecule has 0 heterocycles. The van der Waals surface area contributed by atoms with Crippen LogP contribution in [-0.2, 0) is 11.3 Å². The van der Waals surface area contributed by atoms with E-state index in [1.54, 1.807) is 0 Å². The molecule has 0 aromatic heterocycles. The van der Waals surface area contributed by atoms with Crippen molar-refractivity contribution in [1.29, 1.82) is 0 Å². The Morgan fingerprint density at radius 2 is 1.75 bits per heavy atom. The summed E-state index contributed by atoms with van der Waals surface area (Å²) in [6.45, 7) is 6.10. The molecule has 0 unspecified atom stereocenters. The van der Waals surface area contributed by atoms with Gasteiger partial charge in [-0.25, -0.2) is 0 Å². The molecule has 0 aliphatic carbocycles. The zero-order valence-electron chi connectivity index (χ0n) is 12.8. The lowest BCUT2D eigenvalue weighted by molar-refractivity contribution is -0.136. The molecule has 0 saturated heterocycles. The first-order chi connectivity index (χ1) is 9.72. The van der Waals surface area contributed by atoms with Gasteiger partial charge in [-0.3, -0.25) is 4.79 Å². The molecule has 1 aromatic carbocycles. The molecular weight excluding hydrogens is 248 g/mol. The molecule has 3 heteroatoms. The lowest BCUT2D eigenvalue weighted by Crippen LogP contribution is -2.39. The van der Waals surface area contributed by atoms with Crippen LogP contribution in [0.2, 0.25) is 0 Å². The third kappa shape index (κ3) is 5.33. The van der Waals surface area contributed by atoms with Gasteiger partial charge in [-0.15, -0.1) is 0 Å². The minimum absolute atomic E-state index is 0.153. The molecule has 1 amide bonds. The molecule has 20 heavy (non-hydrogen) atoms. The van der Waals surface area contributed by atoms with Crippen LogP contribution in [0.15, 0.2) is 30.3 Å². The molecule has 1 rings (SSSR count). The van der Waals surface area contributed by atoms with Crippen LogP contribution in [-0.4, -0.2) is 23.9 Å². The molecule has 0 aliphatic rings. The first-order valence-corrected chi connectivity index (χ1v) is 7.75. The summed E-state index contributed by atoms with van der Waals surface area (Å²) in [6.07, 6.45) is 4.06.